The standard InChI is InChI=1S/C47H45N/c1-6-33(21-20-32(4)48-40-15-13-14-36(31-40)38-25-23-34-22-24-37(34)30-38)45-41-16-9-11-18-43(41)46(44-19-12-10-17-42(44)45)35-26-28-39(29-27-35)47(5,7-2)8-3/h6,9-21,23,25-31,48H,4,7-8,22,24H2,1-3,5H3/b21-20-,33-6+. The van der Waals surface area contributed by atoms with Crippen LogP contribution in [0.1, 0.15) is 62.8 Å². The highest BCUT2D eigenvalue weighted by atomic mass is 14.9. The zero-order valence-electron chi connectivity index (χ0n) is 28.7. The third kappa shape index (κ3) is 5.79. The predicted molar refractivity (Wildman–Crippen MR) is 210 cm³/mol. The van der Waals surface area contributed by atoms with E-state index in [0.29, 0.717) is 0 Å². The van der Waals surface area contributed by atoms with E-state index in [1.807, 2.05) is 0 Å². The molecule has 0 fully saturated rings. The lowest BCUT2D eigenvalue weighted by Gasteiger charge is -2.27. The maximum absolute atomic E-state index is 4.38. The zero-order chi connectivity index (χ0) is 33.3. The molecule has 0 atom stereocenters. The maximum Gasteiger partial charge on any atom is 0.0390 e. The first-order valence-corrected chi connectivity index (χ1v) is 17.5. The van der Waals surface area contributed by atoms with Gasteiger partial charge < -0.3 is 5.32 Å². The van der Waals surface area contributed by atoms with Gasteiger partial charge in [-0.1, -0.05) is 143 Å². The summed E-state index contributed by atoms with van der Waals surface area (Å²) in [6.07, 6.45) is 11.2. The number of fused-ring (bicyclic) bond motifs is 3. The number of nitrogens with one attached hydrogen (secondary N) is 1. The summed E-state index contributed by atoms with van der Waals surface area (Å²) >= 11 is 0. The van der Waals surface area contributed by atoms with Crippen molar-refractivity contribution in [3.63, 3.8) is 0 Å². The Morgan fingerprint density at radius 3 is 1.85 bits per heavy atom. The van der Waals surface area contributed by atoms with Crippen molar-refractivity contribution in [3.05, 3.63) is 168 Å². The quantitative estimate of drug-likeness (QED) is 0.118. The van der Waals surface area contributed by atoms with Gasteiger partial charge in [-0.05, 0) is 128 Å². The molecule has 238 valence electrons. The van der Waals surface area contributed by atoms with E-state index in [1.165, 1.54) is 84.5 Å². The van der Waals surface area contributed by atoms with Gasteiger partial charge in [0, 0.05) is 11.4 Å². The molecule has 0 heterocycles. The fourth-order valence-corrected chi connectivity index (χ4v) is 7.34. The second-order valence-electron chi connectivity index (χ2n) is 13.5. The van der Waals surface area contributed by atoms with Gasteiger partial charge >= 0.3 is 0 Å². The van der Waals surface area contributed by atoms with Crippen LogP contribution in [-0.2, 0) is 18.3 Å². The van der Waals surface area contributed by atoms with Crippen molar-refractivity contribution in [1.82, 2.24) is 0 Å². The van der Waals surface area contributed by atoms with E-state index >= 15 is 0 Å². The molecule has 6 aromatic rings. The Kier molecular flexibility index (Phi) is 8.63. The maximum atomic E-state index is 4.38. The summed E-state index contributed by atoms with van der Waals surface area (Å²) < 4.78 is 0. The van der Waals surface area contributed by atoms with E-state index in [-0.39, 0.29) is 5.41 Å². The minimum absolute atomic E-state index is 0.198. The van der Waals surface area contributed by atoms with Gasteiger partial charge in [-0.2, -0.15) is 0 Å². The minimum Gasteiger partial charge on any atom is -0.356 e. The number of hydrogen-bond acceptors (Lipinski definition) is 1. The van der Waals surface area contributed by atoms with E-state index in [9.17, 15) is 0 Å². The zero-order valence-corrected chi connectivity index (χ0v) is 28.7. The van der Waals surface area contributed by atoms with Gasteiger partial charge in [0.25, 0.3) is 0 Å². The van der Waals surface area contributed by atoms with E-state index in [2.05, 4.69) is 173 Å². The van der Waals surface area contributed by atoms with Gasteiger partial charge in [0.2, 0.25) is 0 Å². The van der Waals surface area contributed by atoms with Crippen molar-refractivity contribution in [3.8, 4) is 22.3 Å². The molecule has 0 radical (unpaired) electrons. The van der Waals surface area contributed by atoms with E-state index in [4.69, 9.17) is 0 Å². The topological polar surface area (TPSA) is 12.0 Å². The highest BCUT2D eigenvalue weighted by Gasteiger charge is 2.23. The van der Waals surface area contributed by atoms with Crippen LogP contribution in [0, 0.1) is 0 Å². The molecule has 0 amide bonds. The molecule has 0 aromatic heterocycles. The van der Waals surface area contributed by atoms with Crippen LogP contribution >= 0.6 is 0 Å². The van der Waals surface area contributed by atoms with E-state index < -0.39 is 0 Å². The van der Waals surface area contributed by atoms with Crippen molar-refractivity contribution >= 4 is 32.8 Å². The molecule has 1 N–H and O–H groups in total. The van der Waals surface area contributed by atoms with Gasteiger partial charge in [-0.3, -0.25) is 0 Å². The first-order valence-electron chi connectivity index (χ1n) is 17.5. The second-order valence-corrected chi connectivity index (χ2v) is 13.5. The van der Waals surface area contributed by atoms with E-state index in [1.54, 1.807) is 0 Å². The lowest BCUT2D eigenvalue weighted by molar-refractivity contribution is 0.439. The molecular weight excluding hydrogens is 579 g/mol. The molecule has 0 spiro atoms. The van der Waals surface area contributed by atoms with Crippen molar-refractivity contribution in [2.75, 3.05) is 5.32 Å². The number of allylic oxidation sites excluding steroid dienone is 4. The normalized spacial score (nSPS) is 13.1. The van der Waals surface area contributed by atoms with Gasteiger partial charge in [-0.25, -0.2) is 0 Å². The summed E-state index contributed by atoms with van der Waals surface area (Å²) in [5.41, 5.74) is 13.9. The molecule has 0 unspecified atom stereocenters. The van der Waals surface area contributed by atoms with Crippen LogP contribution in [0.15, 0.2) is 146 Å². The molecule has 1 aliphatic carbocycles. The summed E-state index contributed by atoms with van der Waals surface area (Å²) in [4.78, 5) is 0. The van der Waals surface area contributed by atoms with Crippen LogP contribution < -0.4 is 5.32 Å². The molecule has 1 nitrogen and oxygen atoms in total. The predicted octanol–water partition coefficient (Wildman–Crippen LogP) is 13.1. The molecule has 0 bridgehead atoms. The number of benzene rings is 6. The number of anilines is 1. The Bertz CT molecular complexity index is 2150. The second kappa shape index (κ2) is 13.2. The summed E-state index contributed by atoms with van der Waals surface area (Å²) in [5.74, 6) is 0. The molecule has 48 heavy (non-hydrogen) atoms. The monoisotopic (exact) mass is 623 g/mol. The summed E-state index contributed by atoms with van der Waals surface area (Å²) in [7, 11) is 0. The molecule has 1 heteroatoms. The molecule has 0 aliphatic heterocycles. The Balaban J connectivity index is 1.23. The van der Waals surface area contributed by atoms with Gasteiger partial charge in [-0.15, -0.1) is 0 Å². The van der Waals surface area contributed by atoms with E-state index in [0.717, 1.165) is 24.2 Å². The molecule has 1 aliphatic rings. The lowest BCUT2D eigenvalue weighted by atomic mass is 9.77. The highest BCUT2D eigenvalue weighted by Crippen LogP contribution is 2.43. The fourth-order valence-electron chi connectivity index (χ4n) is 7.34. The molecule has 0 saturated heterocycles. The van der Waals surface area contributed by atoms with Gasteiger partial charge in [0.05, 0.1) is 0 Å². The van der Waals surface area contributed by atoms with Gasteiger partial charge in [0.1, 0.15) is 0 Å². The summed E-state index contributed by atoms with van der Waals surface area (Å²) in [6, 6.07) is 42.6. The van der Waals surface area contributed by atoms with Crippen LogP contribution in [0.4, 0.5) is 5.69 Å². The Hall–Kier alpha value is -5.14. The number of aryl methyl sites for hydroxylation is 2. The number of hydrogen-bond donors (Lipinski definition) is 1. The van der Waals surface area contributed by atoms with Crippen molar-refractivity contribution in [1.29, 1.82) is 0 Å². The van der Waals surface area contributed by atoms with Crippen LogP contribution in [0.2, 0.25) is 0 Å². The Morgan fingerprint density at radius 2 is 1.27 bits per heavy atom. The molecule has 0 saturated carbocycles. The lowest BCUT2D eigenvalue weighted by Crippen LogP contribution is -2.19. The first kappa shape index (κ1) is 31.5. The van der Waals surface area contributed by atoms with Crippen molar-refractivity contribution in [2.45, 2.75) is 58.8 Å². The van der Waals surface area contributed by atoms with Gasteiger partial charge in [0.15, 0.2) is 0 Å². The number of rotatable bonds is 10. The van der Waals surface area contributed by atoms with Crippen LogP contribution in [-0.4, -0.2) is 0 Å². The SMILES string of the molecule is C=C(/C=C\C(=C/C)c1c2ccccc2c(-c2ccc(C(C)(CC)CC)cc2)c2ccccc12)Nc1cccc(-c2ccc3c(c2)CC3)c1. The minimum atomic E-state index is 0.198. The van der Waals surface area contributed by atoms with Crippen LogP contribution in [0.5, 0.6) is 0 Å². The third-order valence-corrected chi connectivity index (χ3v) is 10.8. The van der Waals surface area contributed by atoms with Crippen LogP contribution in [0.25, 0.3) is 49.4 Å². The average molecular weight is 624 g/mol. The third-order valence-electron chi connectivity index (χ3n) is 10.8. The first-order chi connectivity index (χ1) is 23.4. The highest BCUT2D eigenvalue weighted by molar-refractivity contribution is 6.19. The average Bonchev–Trinajstić information content (AvgIpc) is 3.12. The largest absolute Gasteiger partial charge is 0.356 e. The van der Waals surface area contributed by atoms with Crippen molar-refractivity contribution in [2.24, 2.45) is 0 Å². The fraction of sp³-hybridized carbons (Fsp3) is 0.191. The molecule has 7 rings (SSSR count). The molecular formula is C47H45N. The molecule has 6 aromatic carbocycles. The summed E-state index contributed by atoms with van der Waals surface area (Å²) in [5, 5.41) is 8.59. The van der Waals surface area contributed by atoms with Crippen LogP contribution in [0.3, 0.4) is 0 Å². The Labute approximate surface area is 286 Å². The van der Waals surface area contributed by atoms with Crippen molar-refractivity contribution < 1.29 is 0 Å². The Morgan fingerprint density at radius 1 is 0.667 bits per heavy atom. The summed E-state index contributed by atoms with van der Waals surface area (Å²) in [6.45, 7) is 13.5. The smallest absolute Gasteiger partial charge is 0.0390 e.